The van der Waals surface area contributed by atoms with Gasteiger partial charge in [0.2, 0.25) is 0 Å². The van der Waals surface area contributed by atoms with Crippen LogP contribution in [0.4, 0.5) is 0 Å². The highest BCUT2D eigenvalue weighted by molar-refractivity contribution is 5.23. The lowest BCUT2D eigenvalue weighted by atomic mass is 9.90. The molecule has 2 aromatic rings. The number of aryl methyl sites for hydroxylation is 1. The summed E-state index contributed by atoms with van der Waals surface area (Å²) < 4.78 is 5.73. The predicted molar refractivity (Wildman–Crippen MR) is 114 cm³/mol. The largest absolute Gasteiger partial charge is 0.465 e. The third kappa shape index (κ3) is 5.47. The van der Waals surface area contributed by atoms with Crippen molar-refractivity contribution in [2.75, 3.05) is 46.3 Å². The van der Waals surface area contributed by atoms with Gasteiger partial charge in [0.1, 0.15) is 11.5 Å². The number of piperazine rings is 1. The van der Waals surface area contributed by atoms with E-state index >= 15 is 0 Å². The van der Waals surface area contributed by atoms with Crippen LogP contribution < -0.4 is 0 Å². The van der Waals surface area contributed by atoms with E-state index in [1.165, 1.54) is 69.7 Å². The molecule has 1 aromatic heterocycles. The first-order valence-electron chi connectivity index (χ1n) is 10.9. The highest BCUT2D eigenvalue weighted by atomic mass is 16.3. The molecule has 2 saturated heterocycles. The fourth-order valence-electron chi connectivity index (χ4n) is 4.52. The number of hydrogen-bond acceptors (Lipinski definition) is 4. The molecule has 4 nitrogen and oxygen atoms in total. The molecule has 2 fully saturated rings. The average Bonchev–Trinajstić information content (AvgIpc) is 3.11. The van der Waals surface area contributed by atoms with Gasteiger partial charge in [-0.3, -0.25) is 9.80 Å². The van der Waals surface area contributed by atoms with Gasteiger partial charge in [-0.05, 0) is 75.5 Å². The lowest BCUT2D eigenvalue weighted by Gasteiger charge is -2.32. The van der Waals surface area contributed by atoms with Crippen LogP contribution in [0.25, 0.3) is 0 Å². The molecule has 4 heteroatoms. The molecule has 0 aliphatic carbocycles. The van der Waals surface area contributed by atoms with Crippen molar-refractivity contribution in [3.8, 4) is 0 Å². The summed E-state index contributed by atoms with van der Waals surface area (Å²) in [6.07, 6.45) is 3.81. The van der Waals surface area contributed by atoms with Crippen LogP contribution in [0.5, 0.6) is 0 Å². The fraction of sp³-hybridized carbons (Fsp3) is 0.583. The van der Waals surface area contributed by atoms with Crippen molar-refractivity contribution in [3.63, 3.8) is 0 Å². The van der Waals surface area contributed by atoms with Gasteiger partial charge in [0.05, 0.1) is 6.54 Å². The molecule has 0 N–H and O–H groups in total. The molecule has 1 aromatic carbocycles. The SMILES string of the molecule is Cc1ccc(CN2CCC(Cc3ccc(CN4CCN(C)CC4)cc3)CC2)o1. The number of nitrogens with zero attached hydrogens (tertiary/aromatic N) is 3. The van der Waals surface area contributed by atoms with Crippen LogP contribution in [-0.2, 0) is 19.5 Å². The Morgan fingerprint density at radius 3 is 2.07 bits per heavy atom. The van der Waals surface area contributed by atoms with E-state index in [9.17, 15) is 0 Å². The summed E-state index contributed by atoms with van der Waals surface area (Å²) in [4.78, 5) is 7.53. The first-order valence-corrected chi connectivity index (χ1v) is 10.9. The van der Waals surface area contributed by atoms with Gasteiger partial charge in [0, 0.05) is 32.7 Å². The monoisotopic (exact) mass is 381 g/mol. The van der Waals surface area contributed by atoms with Gasteiger partial charge in [-0.25, -0.2) is 0 Å². The topological polar surface area (TPSA) is 22.9 Å². The predicted octanol–water partition coefficient (Wildman–Crippen LogP) is 3.79. The Morgan fingerprint density at radius 2 is 1.43 bits per heavy atom. The van der Waals surface area contributed by atoms with Crippen LogP contribution in [0.3, 0.4) is 0 Å². The van der Waals surface area contributed by atoms with Crippen molar-refractivity contribution in [3.05, 3.63) is 59.0 Å². The summed E-state index contributed by atoms with van der Waals surface area (Å²) in [7, 11) is 2.22. The molecule has 0 amide bonds. The minimum absolute atomic E-state index is 0.818. The van der Waals surface area contributed by atoms with Gasteiger partial charge < -0.3 is 9.32 Å². The molecule has 0 spiro atoms. The number of likely N-dealkylation sites (N-methyl/N-ethyl adjacent to an activating group) is 1. The van der Waals surface area contributed by atoms with Crippen molar-refractivity contribution >= 4 is 0 Å². The minimum Gasteiger partial charge on any atom is -0.465 e. The molecule has 3 heterocycles. The van der Waals surface area contributed by atoms with E-state index in [2.05, 4.69) is 58.1 Å². The van der Waals surface area contributed by atoms with Crippen LogP contribution >= 0.6 is 0 Å². The lowest BCUT2D eigenvalue weighted by Crippen LogP contribution is -2.43. The Morgan fingerprint density at radius 1 is 0.786 bits per heavy atom. The van der Waals surface area contributed by atoms with Gasteiger partial charge in [0.15, 0.2) is 0 Å². The Hall–Kier alpha value is -1.62. The second-order valence-electron chi connectivity index (χ2n) is 8.83. The van der Waals surface area contributed by atoms with Crippen molar-refractivity contribution in [1.29, 1.82) is 0 Å². The summed E-state index contributed by atoms with van der Waals surface area (Å²) in [5, 5.41) is 0. The fourth-order valence-corrected chi connectivity index (χ4v) is 4.52. The zero-order valence-corrected chi connectivity index (χ0v) is 17.6. The molecular formula is C24H35N3O. The smallest absolute Gasteiger partial charge is 0.118 e. The molecule has 2 aliphatic heterocycles. The summed E-state index contributed by atoms with van der Waals surface area (Å²) in [5.74, 6) is 2.94. The van der Waals surface area contributed by atoms with Gasteiger partial charge in [-0.15, -0.1) is 0 Å². The summed E-state index contributed by atoms with van der Waals surface area (Å²) in [6, 6.07) is 13.6. The molecule has 0 atom stereocenters. The van der Waals surface area contributed by atoms with Crippen molar-refractivity contribution in [2.45, 2.75) is 39.3 Å². The van der Waals surface area contributed by atoms with E-state index in [4.69, 9.17) is 4.42 Å². The maximum atomic E-state index is 5.73. The number of piperidine rings is 1. The summed E-state index contributed by atoms with van der Waals surface area (Å²) >= 11 is 0. The molecule has 2 aliphatic rings. The number of furan rings is 1. The van der Waals surface area contributed by atoms with Crippen LogP contribution in [0.2, 0.25) is 0 Å². The molecule has 0 saturated carbocycles. The van der Waals surface area contributed by atoms with E-state index in [0.717, 1.165) is 30.5 Å². The first-order chi connectivity index (χ1) is 13.6. The first kappa shape index (κ1) is 19.7. The number of likely N-dealkylation sites (tertiary alicyclic amines) is 1. The molecule has 28 heavy (non-hydrogen) atoms. The van der Waals surface area contributed by atoms with Crippen LogP contribution in [0.15, 0.2) is 40.8 Å². The zero-order chi connectivity index (χ0) is 19.3. The maximum Gasteiger partial charge on any atom is 0.118 e. The molecule has 152 valence electrons. The van der Waals surface area contributed by atoms with E-state index in [1.54, 1.807) is 0 Å². The lowest BCUT2D eigenvalue weighted by molar-refractivity contribution is 0.148. The van der Waals surface area contributed by atoms with Crippen LogP contribution in [-0.4, -0.2) is 61.0 Å². The second kappa shape index (κ2) is 9.25. The van der Waals surface area contributed by atoms with Crippen LogP contribution in [0.1, 0.15) is 35.5 Å². The van der Waals surface area contributed by atoms with Crippen molar-refractivity contribution in [1.82, 2.24) is 14.7 Å². The summed E-state index contributed by atoms with van der Waals surface area (Å²) in [5.41, 5.74) is 2.96. The van der Waals surface area contributed by atoms with E-state index in [0.29, 0.717) is 0 Å². The normalized spacial score (nSPS) is 20.6. The highest BCUT2D eigenvalue weighted by Crippen LogP contribution is 2.23. The molecule has 0 radical (unpaired) electrons. The zero-order valence-electron chi connectivity index (χ0n) is 17.6. The van der Waals surface area contributed by atoms with E-state index < -0.39 is 0 Å². The number of hydrogen-bond donors (Lipinski definition) is 0. The Bertz CT molecular complexity index is 723. The summed E-state index contributed by atoms with van der Waals surface area (Å²) in [6.45, 7) is 11.2. The van der Waals surface area contributed by atoms with Gasteiger partial charge in [-0.2, -0.15) is 0 Å². The number of benzene rings is 1. The van der Waals surface area contributed by atoms with Gasteiger partial charge in [0.25, 0.3) is 0 Å². The van der Waals surface area contributed by atoms with E-state index in [1.807, 2.05) is 6.92 Å². The molecule has 4 rings (SSSR count). The Kier molecular flexibility index (Phi) is 6.50. The maximum absolute atomic E-state index is 5.73. The quantitative estimate of drug-likeness (QED) is 0.759. The van der Waals surface area contributed by atoms with Gasteiger partial charge >= 0.3 is 0 Å². The average molecular weight is 382 g/mol. The third-order valence-corrected chi connectivity index (χ3v) is 6.43. The highest BCUT2D eigenvalue weighted by Gasteiger charge is 2.20. The van der Waals surface area contributed by atoms with Crippen LogP contribution in [0, 0.1) is 12.8 Å². The number of rotatable bonds is 6. The van der Waals surface area contributed by atoms with E-state index in [-0.39, 0.29) is 0 Å². The Labute approximate surface area is 170 Å². The van der Waals surface area contributed by atoms with Crippen molar-refractivity contribution in [2.24, 2.45) is 5.92 Å². The van der Waals surface area contributed by atoms with Crippen molar-refractivity contribution < 1.29 is 4.42 Å². The van der Waals surface area contributed by atoms with Gasteiger partial charge in [-0.1, -0.05) is 24.3 Å². The molecular weight excluding hydrogens is 346 g/mol. The minimum atomic E-state index is 0.818. The second-order valence-corrected chi connectivity index (χ2v) is 8.83. The molecule has 0 unspecified atom stereocenters. The Balaban J connectivity index is 1.20. The third-order valence-electron chi connectivity index (χ3n) is 6.43. The molecule has 0 bridgehead atoms. The standard InChI is InChI=1S/C24H35N3O/c1-20-3-8-24(28-20)19-26-11-9-22(10-12-26)17-21-4-6-23(7-5-21)18-27-15-13-25(2)14-16-27/h3-8,22H,9-19H2,1-2H3.